The van der Waals surface area contributed by atoms with Crippen molar-refractivity contribution in [2.75, 3.05) is 7.11 Å². The number of benzene rings is 2. The van der Waals surface area contributed by atoms with Crippen LogP contribution in [0.25, 0.3) is 11.0 Å². The molecular formula is C22H21N3OS. The van der Waals surface area contributed by atoms with Crippen molar-refractivity contribution in [2.45, 2.75) is 24.4 Å². The second-order valence-electron chi connectivity index (χ2n) is 6.47. The van der Waals surface area contributed by atoms with Gasteiger partial charge in [0.05, 0.1) is 30.9 Å². The molecule has 0 radical (unpaired) electrons. The molecule has 0 bridgehead atoms. The zero-order valence-corrected chi connectivity index (χ0v) is 16.2. The molecule has 0 amide bonds. The van der Waals surface area contributed by atoms with E-state index >= 15 is 0 Å². The lowest BCUT2D eigenvalue weighted by Gasteiger charge is -2.10. The number of ether oxygens (including phenoxy) is 1. The average Bonchev–Trinajstić information content (AvgIpc) is 3.04. The van der Waals surface area contributed by atoms with Crippen LogP contribution in [0.5, 0.6) is 5.75 Å². The summed E-state index contributed by atoms with van der Waals surface area (Å²) in [6.07, 6.45) is 3.69. The minimum atomic E-state index is 0.787. The average molecular weight is 375 g/mol. The molecule has 2 aromatic carbocycles. The maximum atomic E-state index is 5.24. The van der Waals surface area contributed by atoms with Crippen molar-refractivity contribution in [3.05, 3.63) is 83.7 Å². The fourth-order valence-corrected chi connectivity index (χ4v) is 4.04. The van der Waals surface area contributed by atoms with Gasteiger partial charge in [-0.3, -0.25) is 4.98 Å². The van der Waals surface area contributed by atoms with Gasteiger partial charge in [-0.2, -0.15) is 0 Å². The zero-order valence-electron chi connectivity index (χ0n) is 15.4. The topological polar surface area (TPSA) is 39.9 Å². The quantitative estimate of drug-likeness (QED) is 0.440. The van der Waals surface area contributed by atoms with E-state index in [0.29, 0.717) is 0 Å². The van der Waals surface area contributed by atoms with Gasteiger partial charge in [-0.1, -0.05) is 53.7 Å². The molecule has 0 unspecified atom stereocenters. The third-order valence-electron chi connectivity index (χ3n) is 4.47. The summed E-state index contributed by atoms with van der Waals surface area (Å²) in [7, 11) is 1.69. The number of rotatable bonds is 6. The molecule has 136 valence electrons. The summed E-state index contributed by atoms with van der Waals surface area (Å²) in [5.74, 6) is 1.73. The minimum absolute atomic E-state index is 0.787. The molecule has 5 heteroatoms. The molecule has 4 nitrogen and oxygen atoms in total. The van der Waals surface area contributed by atoms with Crippen LogP contribution < -0.4 is 4.74 Å². The predicted molar refractivity (Wildman–Crippen MR) is 110 cm³/mol. The highest BCUT2D eigenvalue weighted by atomic mass is 32.2. The first kappa shape index (κ1) is 17.6. The Morgan fingerprint density at radius 2 is 1.89 bits per heavy atom. The lowest BCUT2D eigenvalue weighted by atomic mass is 10.1. The largest absolute Gasteiger partial charge is 0.497 e. The maximum absolute atomic E-state index is 5.24. The summed E-state index contributed by atoms with van der Waals surface area (Å²) in [4.78, 5) is 9.14. The number of fused-ring (bicyclic) bond motifs is 1. The van der Waals surface area contributed by atoms with Crippen LogP contribution in [0.15, 0.2) is 72.1 Å². The van der Waals surface area contributed by atoms with Gasteiger partial charge in [0.1, 0.15) is 5.75 Å². The number of nitrogens with zero attached hydrogens (tertiary/aromatic N) is 3. The summed E-state index contributed by atoms with van der Waals surface area (Å²) >= 11 is 1.75. The van der Waals surface area contributed by atoms with Crippen molar-refractivity contribution in [1.29, 1.82) is 0 Å². The number of hydrogen-bond donors (Lipinski definition) is 0. The number of imidazole rings is 1. The molecule has 27 heavy (non-hydrogen) atoms. The normalized spacial score (nSPS) is 11.0. The second kappa shape index (κ2) is 7.84. The van der Waals surface area contributed by atoms with E-state index in [1.807, 2.05) is 24.4 Å². The highest BCUT2D eigenvalue weighted by Crippen LogP contribution is 2.28. The van der Waals surface area contributed by atoms with Crippen molar-refractivity contribution in [1.82, 2.24) is 14.5 Å². The fraction of sp³-hybridized carbons (Fsp3) is 0.182. The zero-order chi connectivity index (χ0) is 18.6. The summed E-state index contributed by atoms with van der Waals surface area (Å²) in [6.45, 7) is 2.91. The number of pyridine rings is 1. The number of aryl methyl sites for hydroxylation is 1. The van der Waals surface area contributed by atoms with E-state index in [0.717, 1.165) is 34.2 Å². The highest BCUT2D eigenvalue weighted by molar-refractivity contribution is 7.98. The predicted octanol–water partition coefficient (Wildman–Crippen LogP) is 5.09. The first-order valence-corrected chi connectivity index (χ1v) is 9.83. The van der Waals surface area contributed by atoms with Gasteiger partial charge in [-0.05, 0) is 36.2 Å². The second-order valence-corrected chi connectivity index (χ2v) is 7.41. The fourth-order valence-electron chi connectivity index (χ4n) is 3.07. The van der Waals surface area contributed by atoms with E-state index in [2.05, 4.69) is 52.9 Å². The van der Waals surface area contributed by atoms with Gasteiger partial charge >= 0.3 is 0 Å². The Hall–Kier alpha value is -2.79. The van der Waals surface area contributed by atoms with E-state index in [1.165, 1.54) is 16.7 Å². The van der Waals surface area contributed by atoms with Crippen LogP contribution in [0.2, 0.25) is 0 Å². The Morgan fingerprint density at radius 1 is 1.04 bits per heavy atom. The van der Waals surface area contributed by atoms with Crippen LogP contribution in [0.3, 0.4) is 0 Å². The Kier molecular flexibility index (Phi) is 5.12. The van der Waals surface area contributed by atoms with E-state index in [-0.39, 0.29) is 0 Å². The van der Waals surface area contributed by atoms with E-state index in [9.17, 15) is 0 Å². The molecule has 4 rings (SSSR count). The lowest BCUT2D eigenvalue weighted by Crippen LogP contribution is -2.02. The van der Waals surface area contributed by atoms with Crippen molar-refractivity contribution < 1.29 is 4.74 Å². The summed E-state index contributed by atoms with van der Waals surface area (Å²) in [5, 5.41) is 1.01. The monoisotopic (exact) mass is 375 g/mol. The molecule has 2 aromatic heterocycles. The van der Waals surface area contributed by atoms with Gasteiger partial charge in [0, 0.05) is 11.9 Å². The van der Waals surface area contributed by atoms with Gasteiger partial charge in [-0.15, -0.1) is 0 Å². The molecule has 2 heterocycles. The van der Waals surface area contributed by atoms with Gasteiger partial charge < -0.3 is 9.30 Å². The molecule has 0 aliphatic rings. The van der Waals surface area contributed by atoms with Crippen LogP contribution in [0, 0.1) is 6.92 Å². The van der Waals surface area contributed by atoms with E-state index in [1.54, 1.807) is 25.1 Å². The van der Waals surface area contributed by atoms with Gasteiger partial charge in [0.2, 0.25) is 0 Å². The molecule has 4 aromatic rings. The molecule has 0 N–H and O–H groups in total. The summed E-state index contributed by atoms with van der Waals surface area (Å²) < 4.78 is 7.49. The SMILES string of the molecule is COc1ccc(CSc2nc3ccncc3n2Cc2cccc(C)c2)cc1. The molecule has 0 atom stereocenters. The summed E-state index contributed by atoms with van der Waals surface area (Å²) in [5.41, 5.74) is 5.83. The van der Waals surface area contributed by atoms with Crippen molar-refractivity contribution in [3.8, 4) is 5.75 Å². The molecule has 0 saturated heterocycles. The van der Waals surface area contributed by atoms with E-state index < -0.39 is 0 Å². The molecule has 0 spiro atoms. The van der Waals surface area contributed by atoms with Crippen LogP contribution in [-0.2, 0) is 12.3 Å². The molecular weight excluding hydrogens is 354 g/mol. The molecule has 0 saturated carbocycles. The molecule has 0 fully saturated rings. The molecule has 0 aliphatic carbocycles. The third-order valence-corrected chi connectivity index (χ3v) is 5.51. The van der Waals surface area contributed by atoms with Gasteiger partial charge in [0.25, 0.3) is 0 Å². The Bertz CT molecular complexity index is 1060. The van der Waals surface area contributed by atoms with Crippen LogP contribution in [0.4, 0.5) is 0 Å². The standard InChI is InChI=1S/C22H21N3OS/c1-16-4-3-5-18(12-16)14-25-21-13-23-11-10-20(21)24-22(25)27-15-17-6-8-19(26-2)9-7-17/h3-13H,14-15H2,1-2H3. The number of methoxy groups -OCH3 is 1. The number of thioether (sulfide) groups is 1. The summed E-state index contributed by atoms with van der Waals surface area (Å²) in [6, 6.07) is 18.8. The van der Waals surface area contributed by atoms with Crippen molar-refractivity contribution in [3.63, 3.8) is 0 Å². The first-order chi connectivity index (χ1) is 13.2. The Labute approximate surface area is 163 Å². The number of hydrogen-bond acceptors (Lipinski definition) is 4. The van der Waals surface area contributed by atoms with Gasteiger partial charge in [-0.25, -0.2) is 4.98 Å². The highest BCUT2D eigenvalue weighted by Gasteiger charge is 2.12. The lowest BCUT2D eigenvalue weighted by molar-refractivity contribution is 0.414. The van der Waals surface area contributed by atoms with Crippen molar-refractivity contribution in [2.24, 2.45) is 0 Å². The van der Waals surface area contributed by atoms with Crippen LogP contribution in [0.1, 0.15) is 16.7 Å². The Balaban J connectivity index is 1.62. The van der Waals surface area contributed by atoms with Crippen LogP contribution >= 0.6 is 11.8 Å². The smallest absolute Gasteiger partial charge is 0.169 e. The van der Waals surface area contributed by atoms with Crippen LogP contribution in [-0.4, -0.2) is 21.6 Å². The van der Waals surface area contributed by atoms with Crippen molar-refractivity contribution >= 4 is 22.8 Å². The minimum Gasteiger partial charge on any atom is -0.497 e. The van der Waals surface area contributed by atoms with E-state index in [4.69, 9.17) is 9.72 Å². The van der Waals surface area contributed by atoms with Gasteiger partial charge in [0.15, 0.2) is 5.16 Å². The molecule has 0 aliphatic heterocycles. The third kappa shape index (κ3) is 3.98. The number of aromatic nitrogens is 3. The maximum Gasteiger partial charge on any atom is 0.169 e. The Morgan fingerprint density at radius 3 is 2.67 bits per heavy atom. The first-order valence-electron chi connectivity index (χ1n) is 8.84.